The van der Waals surface area contributed by atoms with E-state index in [-0.39, 0.29) is 30.3 Å². The Morgan fingerprint density at radius 2 is 1.65 bits per heavy atom. The average Bonchev–Trinajstić information content (AvgIpc) is 3.29. The molecule has 0 aliphatic carbocycles. The summed E-state index contributed by atoms with van der Waals surface area (Å²) in [6.07, 6.45) is -4.75. The van der Waals surface area contributed by atoms with E-state index in [0.717, 1.165) is 12.1 Å². The molecule has 0 saturated carbocycles. The second kappa shape index (κ2) is 8.69. The maximum atomic E-state index is 13.4. The summed E-state index contributed by atoms with van der Waals surface area (Å²) in [5, 5.41) is 6.10. The van der Waals surface area contributed by atoms with Gasteiger partial charge in [0.1, 0.15) is 11.4 Å². The van der Waals surface area contributed by atoms with Crippen LogP contribution in [0.25, 0.3) is 11.4 Å². The Labute approximate surface area is 188 Å². The average molecular weight is 478 g/mol. The largest absolute Gasteiger partial charge is 0.471 e. The number of nitrogens with one attached hydrogen (secondary N) is 1. The maximum absolute atomic E-state index is 13.4. The Morgan fingerprint density at radius 3 is 2.26 bits per heavy atom. The Morgan fingerprint density at radius 1 is 0.971 bits per heavy atom. The minimum Gasteiger partial charge on any atom is -0.376 e. The van der Waals surface area contributed by atoms with Gasteiger partial charge in [-0.15, -0.1) is 0 Å². The number of nitrogens with zero attached hydrogens (tertiary/aromatic N) is 3. The smallest absolute Gasteiger partial charge is 0.376 e. The van der Waals surface area contributed by atoms with Gasteiger partial charge in [-0.1, -0.05) is 35.5 Å². The summed E-state index contributed by atoms with van der Waals surface area (Å²) in [6.45, 7) is 0.202. The summed E-state index contributed by atoms with van der Waals surface area (Å²) in [7, 11) is 1.58. The van der Waals surface area contributed by atoms with Crippen molar-refractivity contribution < 1.29 is 26.5 Å². The SMILES string of the molecule is CN(Cc1ccc(-c2noc(C(F)(F)F)n2)cc1)c1c(NCc2ccc(F)c(F)c2)c(=O)c1=O. The van der Waals surface area contributed by atoms with Crippen molar-refractivity contribution >= 4 is 11.4 Å². The molecular weight excluding hydrogens is 463 g/mol. The molecule has 3 aromatic carbocycles. The summed E-state index contributed by atoms with van der Waals surface area (Å²) in [6, 6.07) is 9.51. The van der Waals surface area contributed by atoms with Crippen LogP contribution in [0.1, 0.15) is 17.0 Å². The predicted octanol–water partition coefficient (Wildman–Crippen LogP) is 3.88. The van der Waals surface area contributed by atoms with Gasteiger partial charge in [-0.05, 0) is 23.3 Å². The predicted molar refractivity (Wildman–Crippen MR) is 112 cm³/mol. The van der Waals surface area contributed by atoms with Gasteiger partial charge in [-0.2, -0.15) is 18.2 Å². The molecule has 0 aliphatic rings. The molecule has 0 saturated heterocycles. The molecule has 0 radical (unpaired) electrons. The number of anilines is 2. The molecular formula is C22H15F5N4O3. The van der Waals surface area contributed by atoms with Crippen LogP contribution in [0.2, 0.25) is 0 Å². The van der Waals surface area contributed by atoms with Crippen LogP contribution in [0, 0.1) is 11.6 Å². The van der Waals surface area contributed by atoms with Gasteiger partial charge in [0.15, 0.2) is 11.6 Å². The summed E-state index contributed by atoms with van der Waals surface area (Å²) < 4.78 is 68.5. The lowest BCUT2D eigenvalue weighted by atomic mass is 10.1. The Bertz CT molecular complexity index is 1410. The van der Waals surface area contributed by atoms with Crippen molar-refractivity contribution in [2.24, 2.45) is 0 Å². The van der Waals surface area contributed by atoms with Crippen LogP contribution >= 0.6 is 0 Å². The standard InChI is InChI=1S/C22H15F5N4O3/c1-31(10-11-2-5-13(6-3-11)20-29-21(34-30-20)22(25,26)27)17-16(18(32)19(17)33)28-9-12-4-7-14(23)15(24)8-12/h2-8,28H,9-10H2,1H3. The molecule has 1 N–H and O–H groups in total. The minimum absolute atomic E-state index is 0.00219. The zero-order valence-corrected chi connectivity index (χ0v) is 17.4. The topological polar surface area (TPSA) is 88.3 Å². The van der Waals surface area contributed by atoms with Crippen molar-refractivity contribution in [2.75, 3.05) is 17.3 Å². The number of alkyl halides is 3. The highest BCUT2D eigenvalue weighted by atomic mass is 19.4. The zero-order valence-electron chi connectivity index (χ0n) is 17.4. The lowest BCUT2D eigenvalue weighted by molar-refractivity contribution is -0.159. The molecule has 1 aromatic heterocycles. The minimum atomic E-state index is -4.75. The third-order valence-electron chi connectivity index (χ3n) is 5.02. The highest BCUT2D eigenvalue weighted by molar-refractivity contribution is 5.75. The Balaban J connectivity index is 1.45. The highest BCUT2D eigenvalue weighted by Gasteiger charge is 2.38. The van der Waals surface area contributed by atoms with Crippen LogP contribution in [-0.4, -0.2) is 17.2 Å². The number of benzene rings is 2. The van der Waals surface area contributed by atoms with Crippen LogP contribution in [0.5, 0.6) is 0 Å². The monoisotopic (exact) mass is 478 g/mol. The van der Waals surface area contributed by atoms with E-state index in [1.165, 1.54) is 23.1 Å². The number of hydrogen-bond acceptors (Lipinski definition) is 7. The summed E-state index contributed by atoms with van der Waals surface area (Å²) in [5.41, 5.74) is 0.131. The van der Waals surface area contributed by atoms with Gasteiger partial charge in [0.25, 0.3) is 10.9 Å². The first-order valence-corrected chi connectivity index (χ1v) is 9.77. The van der Waals surface area contributed by atoms with Crippen LogP contribution in [0.3, 0.4) is 0 Å². The lowest BCUT2D eigenvalue weighted by Gasteiger charge is -2.24. The van der Waals surface area contributed by atoms with Crippen LogP contribution < -0.4 is 21.1 Å². The first kappa shape index (κ1) is 23.1. The van der Waals surface area contributed by atoms with Crippen molar-refractivity contribution in [1.29, 1.82) is 0 Å². The first-order valence-electron chi connectivity index (χ1n) is 9.77. The van der Waals surface area contributed by atoms with Gasteiger partial charge in [-0.3, -0.25) is 9.59 Å². The van der Waals surface area contributed by atoms with Crippen molar-refractivity contribution in [3.8, 4) is 11.4 Å². The molecule has 0 aliphatic heterocycles. The van der Waals surface area contributed by atoms with Gasteiger partial charge >= 0.3 is 12.1 Å². The maximum Gasteiger partial charge on any atom is 0.471 e. The summed E-state index contributed by atoms with van der Waals surface area (Å²) >= 11 is 0. The van der Waals surface area contributed by atoms with Gasteiger partial charge in [-0.25, -0.2) is 8.78 Å². The fourth-order valence-electron chi connectivity index (χ4n) is 3.32. The normalized spacial score (nSPS) is 11.7. The van der Waals surface area contributed by atoms with Crippen LogP contribution in [0.15, 0.2) is 56.6 Å². The van der Waals surface area contributed by atoms with Crippen molar-refractivity contribution in [1.82, 2.24) is 10.1 Å². The van der Waals surface area contributed by atoms with Gasteiger partial charge in [0.2, 0.25) is 5.82 Å². The molecule has 0 unspecified atom stereocenters. The molecule has 0 spiro atoms. The fraction of sp³-hybridized carbons (Fsp3) is 0.182. The molecule has 12 heteroatoms. The zero-order chi connectivity index (χ0) is 24.6. The third-order valence-corrected chi connectivity index (χ3v) is 5.02. The molecule has 7 nitrogen and oxygen atoms in total. The van der Waals surface area contributed by atoms with Crippen molar-refractivity contribution in [2.45, 2.75) is 19.3 Å². The highest BCUT2D eigenvalue weighted by Crippen LogP contribution is 2.29. The molecule has 0 amide bonds. The number of rotatable bonds is 7. The Kier molecular flexibility index (Phi) is 5.90. The molecule has 1 heterocycles. The lowest BCUT2D eigenvalue weighted by Crippen LogP contribution is -2.41. The van der Waals surface area contributed by atoms with Crippen molar-refractivity contribution in [3.05, 3.63) is 91.6 Å². The molecule has 0 atom stereocenters. The number of halogens is 5. The second-order valence-corrected chi connectivity index (χ2v) is 7.46. The second-order valence-electron chi connectivity index (χ2n) is 7.46. The van der Waals surface area contributed by atoms with Crippen LogP contribution in [-0.2, 0) is 19.3 Å². The first-order chi connectivity index (χ1) is 16.0. The van der Waals surface area contributed by atoms with E-state index in [0.29, 0.717) is 16.7 Å². The van der Waals surface area contributed by atoms with E-state index >= 15 is 0 Å². The van der Waals surface area contributed by atoms with E-state index in [1.807, 2.05) is 0 Å². The molecule has 0 bridgehead atoms. The van der Waals surface area contributed by atoms with E-state index in [9.17, 15) is 31.5 Å². The molecule has 0 fully saturated rings. The van der Waals surface area contributed by atoms with Crippen LogP contribution in [0.4, 0.5) is 33.3 Å². The molecule has 34 heavy (non-hydrogen) atoms. The van der Waals surface area contributed by atoms with E-state index < -0.39 is 34.6 Å². The number of hydrogen-bond donors (Lipinski definition) is 1. The third kappa shape index (κ3) is 4.51. The van der Waals surface area contributed by atoms with Crippen molar-refractivity contribution in [3.63, 3.8) is 0 Å². The van der Waals surface area contributed by atoms with E-state index in [2.05, 4.69) is 20.0 Å². The van der Waals surface area contributed by atoms with E-state index in [1.54, 1.807) is 19.2 Å². The summed E-state index contributed by atoms with van der Waals surface area (Å²) in [4.78, 5) is 29.0. The molecule has 4 aromatic rings. The van der Waals surface area contributed by atoms with Gasteiger partial charge in [0, 0.05) is 25.7 Å². The Hall–Kier alpha value is -4.09. The molecule has 176 valence electrons. The van der Waals surface area contributed by atoms with E-state index in [4.69, 9.17) is 0 Å². The quantitative estimate of drug-likeness (QED) is 0.319. The van der Waals surface area contributed by atoms with Gasteiger partial charge in [0.05, 0.1) is 0 Å². The molecule has 4 rings (SSSR count). The summed E-state index contributed by atoms with van der Waals surface area (Å²) in [5.74, 6) is -3.70. The number of aromatic nitrogens is 2. The van der Waals surface area contributed by atoms with Gasteiger partial charge < -0.3 is 14.7 Å². The fourth-order valence-corrected chi connectivity index (χ4v) is 3.32.